The number of ether oxygens (including phenoxy) is 1. The van der Waals surface area contributed by atoms with Gasteiger partial charge in [-0.1, -0.05) is 12.1 Å². The van der Waals surface area contributed by atoms with Crippen LogP contribution in [0.5, 0.6) is 0 Å². The maximum Gasteiger partial charge on any atom is 0.416 e. The van der Waals surface area contributed by atoms with E-state index in [0.29, 0.717) is 19.6 Å². The maximum absolute atomic E-state index is 12.7. The minimum absolute atomic E-state index is 0.0336. The van der Waals surface area contributed by atoms with E-state index in [1.54, 1.807) is 0 Å². The summed E-state index contributed by atoms with van der Waals surface area (Å²) in [6.07, 6.45) is -2.47. The van der Waals surface area contributed by atoms with E-state index < -0.39 is 11.7 Å². The summed E-state index contributed by atoms with van der Waals surface area (Å²) in [6, 6.07) is 5.28. The second-order valence-electron chi connectivity index (χ2n) is 7.45. The smallest absolute Gasteiger partial charge is 0.381 e. The Morgan fingerprint density at radius 1 is 1.14 bits per heavy atom. The van der Waals surface area contributed by atoms with Crippen molar-refractivity contribution in [1.29, 1.82) is 0 Å². The summed E-state index contributed by atoms with van der Waals surface area (Å²) in [5, 5.41) is 3.28. The van der Waals surface area contributed by atoms with Crippen LogP contribution in [0.25, 0.3) is 0 Å². The molecule has 158 valence electrons. The van der Waals surface area contributed by atoms with Crippen molar-refractivity contribution in [1.82, 2.24) is 15.1 Å². The van der Waals surface area contributed by atoms with Crippen molar-refractivity contribution < 1.29 is 17.9 Å². The molecule has 0 amide bonds. The number of aliphatic imine (C=N–C) groups is 1. The van der Waals surface area contributed by atoms with Crippen LogP contribution in [0.1, 0.15) is 30.9 Å². The number of likely N-dealkylation sites (N-methyl/N-ethyl adjacent to an activating group) is 1. The zero-order valence-corrected chi connectivity index (χ0v) is 17.1. The van der Waals surface area contributed by atoms with Crippen LogP contribution >= 0.6 is 0 Å². The summed E-state index contributed by atoms with van der Waals surface area (Å²) in [4.78, 5) is 9.00. The van der Waals surface area contributed by atoms with E-state index in [1.165, 1.54) is 12.1 Å². The molecule has 1 heterocycles. The normalized spacial score (nSPS) is 17.6. The van der Waals surface area contributed by atoms with Crippen molar-refractivity contribution in [3.05, 3.63) is 35.4 Å². The van der Waals surface area contributed by atoms with Gasteiger partial charge in [-0.25, -0.2) is 0 Å². The molecule has 1 N–H and O–H groups in total. The molecule has 0 aromatic heterocycles. The second kappa shape index (κ2) is 9.60. The third-order valence-corrected chi connectivity index (χ3v) is 5.29. The summed E-state index contributed by atoms with van der Waals surface area (Å²) in [7, 11) is 6.03. The minimum atomic E-state index is -4.31. The van der Waals surface area contributed by atoms with Crippen molar-refractivity contribution in [2.75, 3.05) is 47.4 Å². The molecule has 0 spiro atoms. The number of halogens is 3. The van der Waals surface area contributed by atoms with Crippen LogP contribution in [0.4, 0.5) is 13.2 Å². The molecule has 1 aliphatic heterocycles. The lowest BCUT2D eigenvalue weighted by molar-refractivity contribution is -0.137. The van der Waals surface area contributed by atoms with E-state index in [-0.39, 0.29) is 5.54 Å². The Balaban J connectivity index is 2.10. The number of nitrogens with zero attached hydrogens (tertiary/aromatic N) is 3. The number of rotatable bonds is 6. The average molecular weight is 400 g/mol. The molecule has 0 aliphatic carbocycles. The first-order valence-corrected chi connectivity index (χ1v) is 9.59. The number of guanidine groups is 1. The summed E-state index contributed by atoms with van der Waals surface area (Å²) in [5.74, 6) is 0.745. The van der Waals surface area contributed by atoms with Crippen molar-refractivity contribution in [3.63, 3.8) is 0 Å². The van der Waals surface area contributed by atoms with Gasteiger partial charge in [-0.05, 0) is 51.6 Å². The summed E-state index contributed by atoms with van der Waals surface area (Å²) < 4.78 is 43.7. The van der Waals surface area contributed by atoms with Gasteiger partial charge in [0.2, 0.25) is 0 Å². The fourth-order valence-corrected chi connectivity index (χ4v) is 3.34. The van der Waals surface area contributed by atoms with Crippen LogP contribution in [0, 0.1) is 0 Å². The molecule has 1 aromatic carbocycles. The predicted molar refractivity (Wildman–Crippen MR) is 105 cm³/mol. The van der Waals surface area contributed by atoms with Crippen LogP contribution in [0.3, 0.4) is 0 Å². The number of hydrogen-bond acceptors (Lipinski definition) is 3. The standard InChI is InChI=1S/C20H31F3N4O/c1-5-24-18(25-15-19(26(2)3)10-12-28-13-11-19)27(4)14-16-6-8-17(9-7-16)20(21,22)23/h6-9H,5,10-15H2,1-4H3,(H,24,25). The summed E-state index contributed by atoms with van der Waals surface area (Å²) in [5.41, 5.74) is 0.134. The van der Waals surface area contributed by atoms with Crippen LogP contribution in [0.2, 0.25) is 0 Å². The first-order chi connectivity index (χ1) is 13.2. The Hall–Kier alpha value is -1.80. The van der Waals surface area contributed by atoms with E-state index in [4.69, 9.17) is 9.73 Å². The molecule has 28 heavy (non-hydrogen) atoms. The first kappa shape index (κ1) is 22.5. The Morgan fingerprint density at radius 3 is 2.25 bits per heavy atom. The van der Waals surface area contributed by atoms with Crippen LogP contribution in [-0.2, 0) is 17.5 Å². The van der Waals surface area contributed by atoms with Crippen LogP contribution in [-0.4, -0.2) is 68.7 Å². The highest BCUT2D eigenvalue weighted by atomic mass is 19.4. The lowest BCUT2D eigenvalue weighted by Gasteiger charge is -2.42. The molecule has 0 saturated carbocycles. The Bertz CT molecular complexity index is 638. The van der Waals surface area contributed by atoms with Crippen molar-refractivity contribution >= 4 is 5.96 Å². The molecule has 0 atom stereocenters. The topological polar surface area (TPSA) is 40.1 Å². The molecular formula is C20H31F3N4O. The van der Waals surface area contributed by atoms with Crippen molar-refractivity contribution in [2.45, 2.75) is 38.0 Å². The zero-order chi connectivity index (χ0) is 20.8. The van der Waals surface area contributed by atoms with Gasteiger partial charge in [0.1, 0.15) is 0 Å². The number of nitrogens with one attached hydrogen (secondary N) is 1. The van der Waals surface area contributed by atoms with Crippen LogP contribution in [0.15, 0.2) is 29.3 Å². The molecule has 0 bridgehead atoms. The lowest BCUT2D eigenvalue weighted by Crippen LogP contribution is -2.51. The molecule has 8 heteroatoms. The third-order valence-electron chi connectivity index (χ3n) is 5.29. The van der Waals surface area contributed by atoms with Crippen LogP contribution < -0.4 is 5.32 Å². The Morgan fingerprint density at radius 2 is 1.75 bits per heavy atom. The summed E-state index contributed by atoms with van der Waals surface area (Å²) in [6.45, 7) is 5.29. The van der Waals surface area contributed by atoms with Gasteiger partial charge in [-0.3, -0.25) is 4.99 Å². The summed E-state index contributed by atoms with van der Waals surface area (Å²) >= 11 is 0. The SMILES string of the molecule is CCNC(=NCC1(N(C)C)CCOCC1)N(C)Cc1ccc(C(F)(F)F)cc1. The number of alkyl halides is 3. The maximum atomic E-state index is 12.7. The van der Waals surface area contributed by atoms with Gasteiger partial charge in [0, 0.05) is 38.9 Å². The van der Waals surface area contributed by atoms with E-state index in [0.717, 1.165) is 49.7 Å². The minimum Gasteiger partial charge on any atom is -0.381 e. The van der Waals surface area contributed by atoms with Crippen molar-refractivity contribution in [3.8, 4) is 0 Å². The highest BCUT2D eigenvalue weighted by molar-refractivity contribution is 5.79. The molecule has 1 aliphatic rings. The molecular weight excluding hydrogens is 369 g/mol. The lowest BCUT2D eigenvalue weighted by atomic mass is 9.89. The Kier molecular flexibility index (Phi) is 7.71. The van der Waals surface area contributed by atoms with Gasteiger partial charge in [0.15, 0.2) is 5.96 Å². The van der Waals surface area contributed by atoms with Gasteiger partial charge in [0.25, 0.3) is 0 Å². The monoisotopic (exact) mass is 400 g/mol. The molecule has 0 radical (unpaired) electrons. The fraction of sp³-hybridized carbons (Fsp3) is 0.650. The largest absolute Gasteiger partial charge is 0.416 e. The van der Waals surface area contributed by atoms with E-state index >= 15 is 0 Å². The van der Waals surface area contributed by atoms with E-state index in [2.05, 4.69) is 24.3 Å². The molecule has 1 aromatic rings. The third kappa shape index (κ3) is 5.85. The highest BCUT2D eigenvalue weighted by Gasteiger charge is 2.35. The van der Waals surface area contributed by atoms with E-state index in [9.17, 15) is 13.2 Å². The Labute approximate surface area is 165 Å². The second-order valence-corrected chi connectivity index (χ2v) is 7.45. The highest BCUT2D eigenvalue weighted by Crippen LogP contribution is 2.29. The van der Waals surface area contributed by atoms with Gasteiger partial charge >= 0.3 is 6.18 Å². The molecule has 0 unspecified atom stereocenters. The fourth-order valence-electron chi connectivity index (χ4n) is 3.34. The number of hydrogen-bond donors (Lipinski definition) is 1. The first-order valence-electron chi connectivity index (χ1n) is 9.59. The average Bonchev–Trinajstić information content (AvgIpc) is 2.65. The predicted octanol–water partition coefficient (Wildman–Crippen LogP) is 3.21. The van der Waals surface area contributed by atoms with Gasteiger partial charge < -0.3 is 19.9 Å². The quantitative estimate of drug-likeness (QED) is 0.588. The van der Waals surface area contributed by atoms with Crippen molar-refractivity contribution in [2.24, 2.45) is 4.99 Å². The van der Waals surface area contributed by atoms with Gasteiger partial charge in [0.05, 0.1) is 12.1 Å². The molecule has 2 rings (SSSR count). The van der Waals surface area contributed by atoms with Gasteiger partial charge in [-0.15, -0.1) is 0 Å². The van der Waals surface area contributed by atoms with E-state index in [1.807, 2.05) is 18.9 Å². The van der Waals surface area contributed by atoms with Gasteiger partial charge in [-0.2, -0.15) is 13.2 Å². The molecule has 1 fully saturated rings. The number of benzene rings is 1. The molecule has 1 saturated heterocycles. The zero-order valence-electron chi connectivity index (χ0n) is 17.1. The molecule has 5 nitrogen and oxygen atoms in total.